The number of alkyl halides is 3. The lowest BCUT2D eigenvalue weighted by atomic mass is 9.89. The Bertz CT molecular complexity index is 1220. The number of ether oxygens (including phenoxy) is 2. The lowest BCUT2D eigenvalue weighted by molar-refractivity contribution is -0.137. The van der Waals surface area contributed by atoms with E-state index in [0.29, 0.717) is 5.02 Å². The maximum atomic E-state index is 12.9. The van der Waals surface area contributed by atoms with Gasteiger partial charge < -0.3 is 9.47 Å². The van der Waals surface area contributed by atoms with Gasteiger partial charge in [0.15, 0.2) is 5.78 Å². The molecule has 0 N–H and O–H groups in total. The number of halogens is 5. The summed E-state index contributed by atoms with van der Waals surface area (Å²) in [6.07, 6.45) is -4.51. The lowest BCUT2D eigenvalue weighted by Crippen LogP contribution is -2.40. The Labute approximate surface area is 198 Å². The molecule has 170 valence electrons. The van der Waals surface area contributed by atoms with Crippen molar-refractivity contribution in [2.75, 3.05) is 0 Å². The molecule has 1 unspecified atom stereocenters. The van der Waals surface area contributed by atoms with Gasteiger partial charge in [-0.25, -0.2) is 0 Å². The molecule has 0 aliphatic carbocycles. The minimum absolute atomic E-state index is 0.00663. The summed E-state index contributed by atoms with van der Waals surface area (Å²) in [4.78, 5) is 12.8. The van der Waals surface area contributed by atoms with Crippen LogP contribution in [0.4, 0.5) is 13.2 Å². The van der Waals surface area contributed by atoms with Crippen LogP contribution in [0.5, 0.6) is 17.2 Å². The van der Waals surface area contributed by atoms with Crippen molar-refractivity contribution >= 4 is 29.0 Å². The molecule has 0 bridgehead atoms. The van der Waals surface area contributed by atoms with E-state index < -0.39 is 23.1 Å². The molecular formula is C24H16Cl2F3NO3. The number of ketones is 1. The molecule has 0 aliphatic rings. The van der Waals surface area contributed by atoms with Gasteiger partial charge in [0.05, 0.1) is 10.6 Å². The van der Waals surface area contributed by atoms with E-state index in [9.17, 15) is 23.2 Å². The van der Waals surface area contributed by atoms with Crippen LogP contribution in [0, 0.1) is 11.3 Å². The predicted octanol–water partition coefficient (Wildman–Crippen LogP) is 7.58. The van der Waals surface area contributed by atoms with Gasteiger partial charge >= 0.3 is 6.18 Å². The van der Waals surface area contributed by atoms with Crippen LogP contribution >= 0.6 is 23.2 Å². The highest BCUT2D eigenvalue weighted by molar-refractivity contribution is 6.32. The molecule has 3 aromatic carbocycles. The highest BCUT2D eigenvalue weighted by Crippen LogP contribution is 2.38. The second-order valence-corrected chi connectivity index (χ2v) is 7.75. The van der Waals surface area contributed by atoms with E-state index in [1.165, 1.54) is 24.3 Å². The Balaban J connectivity index is 1.94. The van der Waals surface area contributed by atoms with Crippen LogP contribution in [0.2, 0.25) is 10.0 Å². The molecule has 0 radical (unpaired) electrons. The fraction of sp³-hybridized carbons (Fsp3) is 0.167. The molecule has 0 aliphatic heterocycles. The van der Waals surface area contributed by atoms with E-state index in [0.717, 1.165) is 18.2 Å². The summed E-state index contributed by atoms with van der Waals surface area (Å²) in [6, 6.07) is 16.9. The number of carbonyl (C=O) groups is 1. The van der Waals surface area contributed by atoms with Crippen molar-refractivity contribution in [1.29, 1.82) is 5.26 Å². The number of hydrogen-bond acceptors (Lipinski definition) is 4. The molecule has 0 fully saturated rings. The highest BCUT2D eigenvalue weighted by Gasteiger charge is 2.42. The third-order valence-electron chi connectivity index (χ3n) is 4.67. The van der Waals surface area contributed by atoms with Gasteiger partial charge in [-0.3, -0.25) is 4.79 Å². The normalized spacial score (nSPS) is 13.0. The first-order valence-corrected chi connectivity index (χ1v) is 10.4. The van der Waals surface area contributed by atoms with E-state index in [-0.39, 0.29) is 34.3 Å². The topological polar surface area (TPSA) is 59.3 Å². The molecule has 0 heterocycles. The fourth-order valence-corrected chi connectivity index (χ4v) is 3.46. The molecule has 0 saturated heterocycles. The van der Waals surface area contributed by atoms with Gasteiger partial charge in [-0.2, -0.15) is 18.4 Å². The van der Waals surface area contributed by atoms with Gasteiger partial charge in [0.25, 0.3) is 5.60 Å². The lowest BCUT2D eigenvalue weighted by Gasteiger charge is -2.27. The smallest absolute Gasteiger partial charge is 0.416 e. The SMILES string of the molecule is CCC(=O)C(C#N)(Oc1cccc(Oc2ccc(C(F)(F)F)cc2Cl)c1)c1cccc(Cl)c1. The summed E-state index contributed by atoms with van der Waals surface area (Å²) in [5, 5.41) is 10.0. The van der Waals surface area contributed by atoms with Crippen LogP contribution in [0.25, 0.3) is 0 Å². The number of carbonyl (C=O) groups excluding carboxylic acids is 1. The van der Waals surface area contributed by atoms with Crippen LogP contribution in [0.3, 0.4) is 0 Å². The van der Waals surface area contributed by atoms with Crippen molar-refractivity contribution in [2.24, 2.45) is 0 Å². The largest absolute Gasteiger partial charge is 0.461 e. The van der Waals surface area contributed by atoms with Crippen molar-refractivity contribution in [3.63, 3.8) is 0 Å². The van der Waals surface area contributed by atoms with Crippen LogP contribution in [-0.2, 0) is 16.6 Å². The first-order valence-electron chi connectivity index (χ1n) is 9.63. The number of Topliss-reactive ketones (excluding diaryl/α,β-unsaturated/α-hetero) is 1. The maximum absolute atomic E-state index is 12.9. The van der Waals surface area contributed by atoms with E-state index in [1.807, 2.05) is 6.07 Å². The molecule has 0 spiro atoms. The van der Waals surface area contributed by atoms with Crippen LogP contribution in [-0.4, -0.2) is 5.78 Å². The average Bonchev–Trinajstić information content (AvgIpc) is 2.78. The second kappa shape index (κ2) is 9.74. The van der Waals surface area contributed by atoms with Crippen LogP contribution in [0.15, 0.2) is 66.7 Å². The zero-order valence-corrected chi connectivity index (χ0v) is 18.6. The minimum atomic E-state index is -4.54. The summed E-state index contributed by atoms with van der Waals surface area (Å²) < 4.78 is 50.1. The minimum Gasteiger partial charge on any atom is -0.461 e. The second-order valence-electron chi connectivity index (χ2n) is 6.90. The molecule has 3 rings (SSSR count). The van der Waals surface area contributed by atoms with Crippen molar-refractivity contribution in [3.05, 3.63) is 87.9 Å². The van der Waals surface area contributed by atoms with Crippen molar-refractivity contribution in [2.45, 2.75) is 25.1 Å². The van der Waals surface area contributed by atoms with Crippen LogP contribution < -0.4 is 9.47 Å². The van der Waals surface area contributed by atoms with Gasteiger partial charge in [0.1, 0.15) is 23.3 Å². The van der Waals surface area contributed by atoms with Crippen molar-refractivity contribution < 1.29 is 27.4 Å². The summed E-state index contributed by atoms with van der Waals surface area (Å²) in [6.45, 7) is 1.61. The average molecular weight is 494 g/mol. The molecule has 3 aromatic rings. The van der Waals surface area contributed by atoms with Crippen molar-refractivity contribution in [3.8, 4) is 23.3 Å². The molecular weight excluding hydrogens is 478 g/mol. The third kappa shape index (κ3) is 5.41. The van der Waals surface area contributed by atoms with Gasteiger partial charge in [-0.15, -0.1) is 0 Å². The molecule has 0 aromatic heterocycles. The fourth-order valence-electron chi connectivity index (χ4n) is 3.05. The Morgan fingerprint density at radius 3 is 2.27 bits per heavy atom. The zero-order chi connectivity index (χ0) is 24.2. The Morgan fingerprint density at radius 1 is 0.970 bits per heavy atom. The monoisotopic (exact) mass is 493 g/mol. The highest BCUT2D eigenvalue weighted by atomic mass is 35.5. The van der Waals surface area contributed by atoms with Gasteiger partial charge in [0, 0.05) is 23.1 Å². The summed E-state index contributed by atoms with van der Waals surface area (Å²) in [5.41, 5.74) is -2.60. The third-order valence-corrected chi connectivity index (χ3v) is 5.20. The van der Waals surface area contributed by atoms with Gasteiger partial charge in [0.2, 0.25) is 0 Å². The first kappa shape index (κ1) is 24.4. The number of benzene rings is 3. The Morgan fingerprint density at radius 2 is 1.67 bits per heavy atom. The van der Waals surface area contributed by atoms with E-state index in [1.54, 1.807) is 31.2 Å². The Hall–Kier alpha value is -3.21. The van der Waals surface area contributed by atoms with Gasteiger partial charge in [-0.05, 0) is 42.5 Å². The number of nitriles is 1. The molecule has 9 heteroatoms. The van der Waals surface area contributed by atoms with E-state index >= 15 is 0 Å². The maximum Gasteiger partial charge on any atom is 0.416 e. The summed E-state index contributed by atoms with van der Waals surface area (Å²) in [5.74, 6) is -0.188. The molecule has 4 nitrogen and oxygen atoms in total. The van der Waals surface area contributed by atoms with E-state index in [4.69, 9.17) is 32.7 Å². The van der Waals surface area contributed by atoms with Crippen LogP contribution in [0.1, 0.15) is 24.5 Å². The quantitative estimate of drug-likeness (QED) is 0.340. The Kier molecular flexibility index (Phi) is 7.21. The molecule has 1 atom stereocenters. The molecule has 0 saturated carbocycles. The number of hydrogen-bond donors (Lipinski definition) is 0. The zero-order valence-electron chi connectivity index (χ0n) is 17.1. The molecule has 33 heavy (non-hydrogen) atoms. The number of nitrogens with zero attached hydrogens (tertiary/aromatic N) is 1. The molecule has 0 amide bonds. The number of rotatable bonds is 7. The summed E-state index contributed by atoms with van der Waals surface area (Å²) >= 11 is 12.0. The summed E-state index contributed by atoms with van der Waals surface area (Å²) in [7, 11) is 0. The van der Waals surface area contributed by atoms with Crippen molar-refractivity contribution in [1.82, 2.24) is 0 Å². The van der Waals surface area contributed by atoms with Gasteiger partial charge in [-0.1, -0.05) is 48.3 Å². The predicted molar refractivity (Wildman–Crippen MR) is 118 cm³/mol. The standard InChI is InChI=1S/C24H16Cl2F3NO3/c1-2-22(31)23(14-30,15-5-3-6-17(25)11-15)33-19-8-4-7-18(13-19)32-21-10-9-16(12-20(21)26)24(27,28)29/h3-13H,2H2,1H3. The van der Waals surface area contributed by atoms with E-state index in [2.05, 4.69) is 0 Å². The first-order chi connectivity index (χ1) is 15.6.